The largest absolute Gasteiger partial charge is 0.495 e. The fourth-order valence-electron chi connectivity index (χ4n) is 3.24. The fourth-order valence-corrected chi connectivity index (χ4v) is 4.18. The number of halogens is 1. The maximum atomic E-state index is 13.0. The lowest BCUT2D eigenvalue weighted by Crippen LogP contribution is -2.34. The summed E-state index contributed by atoms with van der Waals surface area (Å²) >= 11 is 8.97. The number of carbonyl (C=O) groups is 1. The summed E-state index contributed by atoms with van der Waals surface area (Å²) in [6.45, 7) is 4.31. The summed E-state index contributed by atoms with van der Waals surface area (Å²) < 4.78 is 6.24. The van der Waals surface area contributed by atoms with Gasteiger partial charge in [0.2, 0.25) is 0 Å². The van der Waals surface area contributed by atoms with Crippen molar-refractivity contribution < 1.29 is 9.53 Å². The molecule has 0 aromatic heterocycles. The Morgan fingerprint density at radius 2 is 1.86 bits per heavy atom. The molecule has 3 rings (SSSR count). The van der Waals surface area contributed by atoms with Gasteiger partial charge in [0, 0.05) is 5.69 Å². The summed E-state index contributed by atoms with van der Waals surface area (Å²) in [5.41, 5.74) is 2.48. The number of para-hydroxylation sites is 1. The molecular weight excluding hydrogens is 448 g/mol. The molecule has 3 aromatic rings. The van der Waals surface area contributed by atoms with Gasteiger partial charge >= 0.3 is 0 Å². The number of ether oxygens (including phenoxy) is 1. The highest BCUT2D eigenvalue weighted by Crippen LogP contribution is 2.36. The van der Waals surface area contributed by atoms with Crippen LogP contribution in [0.2, 0.25) is 0 Å². The number of carbonyl (C=O) groups excluding carboxylic acids is 1. The lowest BCUT2D eigenvalue weighted by atomic mass is 9.97. The summed E-state index contributed by atoms with van der Waals surface area (Å²) in [4.78, 5) is 13.0. The molecule has 150 valence electrons. The van der Waals surface area contributed by atoms with Crippen LogP contribution in [0.1, 0.15) is 42.1 Å². The molecule has 6 heteroatoms. The average molecular weight is 471 g/mol. The highest BCUT2D eigenvalue weighted by molar-refractivity contribution is 9.10. The maximum absolute atomic E-state index is 13.0. The summed E-state index contributed by atoms with van der Waals surface area (Å²) in [7, 11) is 1.55. The van der Waals surface area contributed by atoms with E-state index in [-0.39, 0.29) is 11.0 Å². The summed E-state index contributed by atoms with van der Waals surface area (Å²) in [5.74, 6) is 0.532. The molecule has 0 saturated heterocycles. The molecular formula is C23H23BrN2O2S. The molecule has 0 heterocycles. The van der Waals surface area contributed by atoms with Crippen molar-refractivity contribution >= 4 is 55.6 Å². The average Bonchev–Trinajstić information content (AvgIpc) is 2.73. The van der Waals surface area contributed by atoms with Gasteiger partial charge in [0.25, 0.3) is 5.91 Å². The molecule has 0 spiro atoms. The Balaban J connectivity index is 1.85. The molecule has 0 fully saturated rings. The number of benzene rings is 3. The molecule has 3 aromatic carbocycles. The van der Waals surface area contributed by atoms with Crippen molar-refractivity contribution in [2.75, 3.05) is 12.4 Å². The molecule has 0 saturated carbocycles. The Bertz CT molecular complexity index is 1070. The quantitative estimate of drug-likeness (QED) is 0.432. The molecule has 0 aliphatic heterocycles. The van der Waals surface area contributed by atoms with Crippen molar-refractivity contribution in [3.05, 3.63) is 70.2 Å². The summed E-state index contributed by atoms with van der Waals surface area (Å²) in [6, 6.07) is 17.6. The molecule has 1 amide bonds. The molecule has 0 aliphatic carbocycles. The third-order valence-electron chi connectivity index (χ3n) is 4.97. The third kappa shape index (κ3) is 4.60. The first-order valence-electron chi connectivity index (χ1n) is 9.42. The highest BCUT2D eigenvalue weighted by Gasteiger charge is 2.19. The Morgan fingerprint density at radius 1 is 1.17 bits per heavy atom. The Hall–Kier alpha value is -2.44. The number of methoxy groups -OCH3 is 1. The van der Waals surface area contributed by atoms with E-state index < -0.39 is 0 Å². The molecule has 0 bridgehead atoms. The number of amides is 1. The van der Waals surface area contributed by atoms with Crippen LogP contribution in [0.5, 0.6) is 5.75 Å². The predicted octanol–water partition coefficient (Wildman–Crippen LogP) is 6.25. The van der Waals surface area contributed by atoms with Crippen molar-refractivity contribution in [1.29, 1.82) is 0 Å². The number of fused-ring (bicyclic) bond motifs is 1. The Kier molecular flexibility index (Phi) is 6.87. The van der Waals surface area contributed by atoms with E-state index >= 15 is 0 Å². The molecule has 29 heavy (non-hydrogen) atoms. The van der Waals surface area contributed by atoms with E-state index in [0.29, 0.717) is 17.2 Å². The van der Waals surface area contributed by atoms with E-state index in [1.54, 1.807) is 7.11 Å². The number of thiocarbonyl (C=S) groups is 1. The van der Waals surface area contributed by atoms with E-state index in [9.17, 15) is 4.79 Å². The first-order chi connectivity index (χ1) is 14.0. The lowest BCUT2D eigenvalue weighted by molar-refractivity contribution is 0.0975. The second-order valence-corrected chi connectivity index (χ2v) is 8.00. The minimum Gasteiger partial charge on any atom is -0.495 e. The topological polar surface area (TPSA) is 50.4 Å². The van der Waals surface area contributed by atoms with Crippen molar-refractivity contribution in [1.82, 2.24) is 5.32 Å². The zero-order chi connectivity index (χ0) is 21.0. The molecule has 2 N–H and O–H groups in total. The van der Waals surface area contributed by atoms with Gasteiger partial charge in [0.15, 0.2) is 5.11 Å². The maximum Gasteiger partial charge on any atom is 0.261 e. The number of nitrogens with one attached hydrogen (secondary N) is 2. The van der Waals surface area contributed by atoms with Crippen LogP contribution in [0.3, 0.4) is 0 Å². The molecule has 0 aliphatic rings. The normalized spacial score (nSPS) is 11.7. The first kappa shape index (κ1) is 21.3. The van der Waals surface area contributed by atoms with Crippen LogP contribution < -0.4 is 15.4 Å². The minimum atomic E-state index is -0.327. The van der Waals surface area contributed by atoms with E-state index in [4.69, 9.17) is 17.0 Å². The van der Waals surface area contributed by atoms with Gasteiger partial charge in [-0.1, -0.05) is 56.3 Å². The molecule has 1 unspecified atom stereocenters. The van der Waals surface area contributed by atoms with Crippen molar-refractivity contribution in [3.63, 3.8) is 0 Å². The SMILES string of the molecule is CCC(C)c1ccccc1NC(=S)NC(=O)c1cc2ccccc2c(Br)c1OC. The summed E-state index contributed by atoms with van der Waals surface area (Å²) in [6.07, 6.45) is 1.01. The number of anilines is 1. The predicted molar refractivity (Wildman–Crippen MR) is 127 cm³/mol. The first-order valence-corrected chi connectivity index (χ1v) is 10.6. The van der Waals surface area contributed by atoms with Gasteiger partial charge in [0.05, 0.1) is 17.1 Å². The molecule has 4 nitrogen and oxygen atoms in total. The van der Waals surface area contributed by atoms with Gasteiger partial charge < -0.3 is 10.1 Å². The monoisotopic (exact) mass is 470 g/mol. The van der Waals surface area contributed by atoms with Crippen LogP contribution in [0.15, 0.2) is 59.1 Å². The van der Waals surface area contributed by atoms with Crippen molar-refractivity contribution in [3.8, 4) is 5.75 Å². The van der Waals surface area contributed by atoms with E-state index in [1.807, 2.05) is 48.5 Å². The van der Waals surface area contributed by atoms with Crippen LogP contribution in [0.4, 0.5) is 5.69 Å². The highest BCUT2D eigenvalue weighted by atomic mass is 79.9. The van der Waals surface area contributed by atoms with Gasteiger partial charge in [0.1, 0.15) is 5.75 Å². The van der Waals surface area contributed by atoms with Gasteiger partial charge in [-0.2, -0.15) is 0 Å². The van der Waals surface area contributed by atoms with Gasteiger partial charge in [-0.05, 0) is 69.0 Å². The lowest BCUT2D eigenvalue weighted by Gasteiger charge is -2.18. The van der Waals surface area contributed by atoms with Crippen LogP contribution >= 0.6 is 28.1 Å². The Labute approximate surface area is 184 Å². The van der Waals surface area contributed by atoms with Gasteiger partial charge in [-0.3, -0.25) is 10.1 Å². The van der Waals surface area contributed by atoms with E-state index in [2.05, 4.69) is 46.5 Å². The zero-order valence-corrected chi connectivity index (χ0v) is 19.0. The minimum absolute atomic E-state index is 0.247. The molecule has 1 atom stereocenters. The fraction of sp³-hybridized carbons (Fsp3) is 0.217. The van der Waals surface area contributed by atoms with Gasteiger partial charge in [-0.25, -0.2) is 0 Å². The van der Waals surface area contributed by atoms with Crippen LogP contribution in [0, 0.1) is 0 Å². The third-order valence-corrected chi connectivity index (χ3v) is 5.96. The van der Waals surface area contributed by atoms with Gasteiger partial charge in [-0.15, -0.1) is 0 Å². The van der Waals surface area contributed by atoms with Crippen LogP contribution in [-0.2, 0) is 0 Å². The van der Waals surface area contributed by atoms with Crippen molar-refractivity contribution in [2.24, 2.45) is 0 Å². The van der Waals surface area contributed by atoms with Crippen molar-refractivity contribution in [2.45, 2.75) is 26.2 Å². The standard InChI is InChI=1S/C23H23BrN2O2S/c1-4-14(2)16-10-7-8-12-19(16)25-23(29)26-22(27)18-13-15-9-5-6-11-17(15)20(24)21(18)28-3/h5-14H,4H2,1-3H3,(H2,25,26,27,29). The molecule has 0 radical (unpaired) electrons. The summed E-state index contributed by atoms with van der Waals surface area (Å²) in [5, 5.41) is 8.10. The number of rotatable bonds is 5. The van der Waals surface area contributed by atoms with E-state index in [1.165, 1.54) is 0 Å². The zero-order valence-electron chi connectivity index (χ0n) is 16.6. The second-order valence-electron chi connectivity index (χ2n) is 6.80. The van der Waals surface area contributed by atoms with Crippen LogP contribution in [0.25, 0.3) is 10.8 Å². The number of hydrogen-bond donors (Lipinski definition) is 2. The van der Waals surface area contributed by atoms with E-state index in [0.717, 1.165) is 32.9 Å². The number of hydrogen-bond acceptors (Lipinski definition) is 3. The second kappa shape index (κ2) is 9.37. The Morgan fingerprint density at radius 3 is 2.59 bits per heavy atom. The van der Waals surface area contributed by atoms with Crippen LogP contribution in [-0.4, -0.2) is 18.1 Å². The smallest absolute Gasteiger partial charge is 0.261 e.